The first-order chi connectivity index (χ1) is 10.7. The zero-order chi connectivity index (χ0) is 17.2. The van der Waals surface area contributed by atoms with Crippen LogP contribution in [0.4, 0.5) is 0 Å². The Balaban J connectivity index is 2.12. The van der Waals surface area contributed by atoms with Crippen LogP contribution < -0.4 is 0 Å². The van der Waals surface area contributed by atoms with E-state index in [2.05, 4.69) is 43.1 Å². The van der Waals surface area contributed by atoms with Gasteiger partial charge in [0.1, 0.15) is 0 Å². The number of carbonyl (C=O) groups excluding carboxylic acids is 1. The standard InChI is InChI=1S/C17H23N3O2S/c1-11(15(21)20(5)6)23-16-19-18-14(22-16)12-7-9-13(10-8-12)17(2,3)4/h7-11H,1-6H3. The Bertz CT molecular complexity index is 672. The molecule has 0 fully saturated rings. The lowest BCUT2D eigenvalue weighted by molar-refractivity contribution is -0.127. The fraction of sp³-hybridized carbons (Fsp3) is 0.471. The van der Waals surface area contributed by atoms with Crippen LogP contribution in [0, 0.1) is 0 Å². The first kappa shape index (κ1) is 17.5. The summed E-state index contributed by atoms with van der Waals surface area (Å²) in [7, 11) is 3.46. The number of aromatic nitrogens is 2. The minimum atomic E-state index is -0.262. The maximum atomic E-state index is 11.9. The van der Waals surface area contributed by atoms with Crippen LogP contribution in [0.5, 0.6) is 0 Å². The monoisotopic (exact) mass is 333 g/mol. The van der Waals surface area contributed by atoms with Gasteiger partial charge in [-0.25, -0.2) is 0 Å². The SMILES string of the molecule is CC(Sc1nnc(-c2ccc(C(C)(C)C)cc2)o1)C(=O)N(C)C. The van der Waals surface area contributed by atoms with Crippen LogP contribution in [-0.4, -0.2) is 40.3 Å². The van der Waals surface area contributed by atoms with Gasteiger partial charge in [0.2, 0.25) is 11.8 Å². The molecule has 0 aliphatic carbocycles. The van der Waals surface area contributed by atoms with Crippen LogP contribution in [0.25, 0.3) is 11.5 Å². The highest BCUT2D eigenvalue weighted by Crippen LogP contribution is 2.28. The molecule has 1 amide bonds. The van der Waals surface area contributed by atoms with Crippen LogP contribution in [0.3, 0.4) is 0 Å². The molecule has 0 aliphatic heterocycles. The molecule has 2 aromatic rings. The van der Waals surface area contributed by atoms with Crippen molar-refractivity contribution in [3.8, 4) is 11.5 Å². The molecule has 0 aliphatic rings. The van der Waals surface area contributed by atoms with E-state index in [1.807, 2.05) is 19.1 Å². The Kier molecular flexibility index (Phi) is 5.14. The minimum absolute atomic E-state index is 0.0179. The smallest absolute Gasteiger partial charge is 0.277 e. The van der Waals surface area contributed by atoms with Gasteiger partial charge in [0, 0.05) is 19.7 Å². The predicted molar refractivity (Wildman–Crippen MR) is 92.4 cm³/mol. The lowest BCUT2D eigenvalue weighted by atomic mass is 9.87. The average molecular weight is 333 g/mol. The third kappa shape index (κ3) is 4.34. The van der Waals surface area contributed by atoms with Crippen LogP contribution in [0.1, 0.15) is 33.3 Å². The number of rotatable bonds is 4. The quantitative estimate of drug-likeness (QED) is 0.800. The fourth-order valence-electron chi connectivity index (χ4n) is 2.05. The Morgan fingerprint density at radius 2 is 1.78 bits per heavy atom. The molecule has 5 nitrogen and oxygen atoms in total. The largest absolute Gasteiger partial charge is 0.411 e. The molecule has 1 heterocycles. The Morgan fingerprint density at radius 1 is 1.17 bits per heavy atom. The minimum Gasteiger partial charge on any atom is -0.411 e. The summed E-state index contributed by atoms with van der Waals surface area (Å²) < 4.78 is 5.67. The molecule has 0 saturated carbocycles. The van der Waals surface area contributed by atoms with Crippen molar-refractivity contribution in [1.29, 1.82) is 0 Å². The summed E-state index contributed by atoms with van der Waals surface area (Å²) >= 11 is 1.27. The highest BCUT2D eigenvalue weighted by Gasteiger charge is 2.20. The molecule has 0 N–H and O–H groups in total. The zero-order valence-electron chi connectivity index (χ0n) is 14.5. The number of hydrogen-bond acceptors (Lipinski definition) is 5. The van der Waals surface area contributed by atoms with Gasteiger partial charge in [-0.05, 0) is 30.0 Å². The predicted octanol–water partition coefficient (Wildman–Crippen LogP) is 3.60. The molecule has 0 spiro atoms. The molecule has 0 saturated heterocycles. The van der Waals surface area contributed by atoms with E-state index in [1.54, 1.807) is 19.0 Å². The van der Waals surface area contributed by atoms with Crippen molar-refractivity contribution in [1.82, 2.24) is 15.1 Å². The summed E-state index contributed by atoms with van der Waals surface area (Å²) in [5.41, 5.74) is 2.24. The Labute approximate surface area is 141 Å². The number of amides is 1. The lowest BCUT2D eigenvalue weighted by Crippen LogP contribution is -2.29. The first-order valence-electron chi connectivity index (χ1n) is 7.50. The Hall–Kier alpha value is -1.82. The van der Waals surface area contributed by atoms with Crippen LogP contribution in [0.15, 0.2) is 33.9 Å². The van der Waals surface area contributed by atoms with E-state index in [-0.39, 0.29) is 16.6 Å². The lowest BCUT2D eigenvalue weighted by Gasteiger charge is -2.18. The second-order valence-electron chi connectivity index (χ2n) is 6.69. The van der Waals surface area contributed by atoms with Gasteiger partial charge >= 0.3 is 0 Å². The van der Waals surface area contributed by atoms with Crippen molar-refractivity contribution in [3.63, 3.8) is 0 Å². The van der Waals surface area contributed by atoms with Crippen molar-refractivity contribution in [3.05, 3.63) is 29.8 Å². The molecular weight excluding hydrogens is 310 g/mol. The number of carbonyl (C=O) groups is 1. The van der Waals surface area contributed by atoms with Crippen molar-refractivity contribution in [2.75, 3.05) is 14.1 Å². The summed E-state index contributed by atoms with van der Waals surface area (Å²) in [5.74, 6) is 0.488. The summed E-state index contributed by atoms with van der Waals surface area (Å²) in [4.78, 5) is 13.4. The van der Waals surface area contributed by atoms with E-state index in [0.717, 1.165) is 5.56 Å². The highest BCUT2D eigenvalue weighted by atomic mass is 32.2. The van der Waals surface area contributed by atoms with Crippen LogP contribution >= 0.6 is 11.8 Å². The third-order valence-electron chi connectivity index (χ3n) is 3.47. The fourth-order valence-corrected chi connectivity index (χ4v) is 2.88. The number of hydrogen-bond donors (Lipinski definition) is 0. The van der Waals surface area contributed by atoms with Gasteiger partial charge in [-0.2, -0.15) is 0 Å². The van der Waals surface area contributed by atoms with Crippen molar-refractivity contribution >= 4 is 17.7 Å². The molecule has 1 atom stereocenters. The van der Waals surface area contributed by atoms with Gasteiger partial charge in [-0.3, -0.25) is 4.79 Å². The molecule has 6 heteroatoms. The summed E-state index contributed by atoms with van der Waals surface area (Å²) in [6.07, 6.45) is 0. The summed E-state index contributed by atoms with van der Waals surface area (Å²) in [5, 5.41) is 8.24. The molecule has 23 heavy (non-hydrogen) atoms. The van der Waals surface area contributed by atoms with Gasteiger partial charge in [0.15, 0.2) is 0 Å². The summed E-state index contributed by atoms with van der Waals surface area (Å²) in [6, 6.07) is 8.11. The van der Waals surface area contributed by atoms with Gasteiger partial charge in [-0.1, -0.05) is 44.7 Å². The molecule has 0 bridgehead atoms. The molecule has 1 aromatic carbocycles. The molecule has 1 unspecified atom stereocenters. The van der Waals surface area contributed by atoms with E-state index in [1.165, 1.54) is 17.3 Å². The molecule has 1 aromatic heterocycles. The number of benzene rings is 1. The maximum Gasteiger partial charge on any atom is 0.277 e. The van der Waals surface area contributed by atoms with E-state index in [4.69, 9.17) is 4.42 Å². The van der Waals surface area contributed by atoms with Crippen LogP contribution in [0.2, 0.25) is 0 Å². The molecule has 0 radical (unpaired) electrons. The third-order valence-corrected chi connectivity index (χ3v) is 4.39. The number of nitrogens with zero attached hydrogens (tertiary/aromatic N) is 3. The first-order valence-corrected chi connectivity index (χ1v) is 8.38. The second-order valence-corrected chi connectivity index (χ2v) is 7.99. The van der Waals surface area contributed by atoms with Gasteiger partial charge in [-0.15, -0.1) is 10.2 Å². The maximum absolute atomic E-state index is 11.9. The van der Waals surface area contributed by atoms with Crippen molar-refractivity contribution < 1.29 is 9.21 Å². The second kappa shape index (κ2) is 6.74. The Morgan fingerprint density at radius 3 is 2.30 bits per heavy atom. The van der Waals surface area contributed by atoms with Gasteiger partial charge in [0.05, 0.1) is 5.25 Å². The van der Waals surface area contributed by atoms with Gasteiger partial charge < -0.3 is 9.32 Å². The highest BCUT2D eigenvalue weighted by molar-refractivity contribution is 8.00. The van der Waals surface area contributed by atoms with Crippen molar-refractivity contribution in [2.24, 2.45) is 0 Å². The zero-order valence-corrected chi connectivity index (χ0v) is 15.3. The summed E-state index contributed by atoms with van der Waals surface area (Å²) in [6.45, 7) is 8.35. The molecule has 124 valence electrons. The topological polar surface area (TPSA) is 59.2 Å². The number of thioether (sulfide) groups is 1. The van der Waals surface area contributed by atoms with Crippen LogP contribution in [-0.2, 0) is 10.2 Å². The van der Waals surface area contributed by atoms with E-state index in [9.17, 15) is 4.79 Å². The normalized spacial score (nSPS) is 13.0. The molecular formula is C17H23N3O2S. The average Bonchev–Trinajstić information content (AvgIpc) is 2.94. The van der Waals surface area contributed by atoms with Gasteiger partial charge in [0.25, 0.3) is 5.22 Å². The van der Waals surface area contributed by atoms with E-state index < -0.39 is 0 Å². The van der Waals surface area contributed by atoms with E-state index in [0.29, 0.717) is 11.1 Å². The van der Waals surface area contributed by atoms with E-state index >= 15 is 0 Å². The van der Waals surface area contributed by atoms with Crippen molar-refractivity contribution in [2.45, 2.75) is 43.6 Å². The molecule has 2 rings (SSSR count).